The molecule has 1 aliphatic rings. The molecular weight excluding hydrogens is 472 g/mol. The van der Waals surface area contributed by atoms with Crippen LogP contribution in [0, 0.1) is 24.0 Å². The Morgan fingerprint density at radius 2 is 1.62 bits per heavy atom. The Bertz CT molecular complexity index is 1610. The van der Waals surface area contributed by atoms with Crippen molar-refractivity contribution in [3.05, 3.63) is 111 Å². The number of fused-ring (bicyclic) bond motifs is 1. The number of carbonyl (C=O) groups is 3. The van der Waals surface area contributed by atoms with Gasteiger partial charge in [0.05, 0.1) is 10.6 Å². The third-order valence-corrected chi connectivity index (χ3v) is 6.19. The molecule has 5 rings (SSSR count). The predicted molar refractivity (Wildman–Crippen MR) is 139 cm³/mol. The number of hydrogen-bond donors (Lipinski definition) is 1. The first-order chi connectivity index (χ1) is 17.7. The number of aryl methyl sites for hydroxylation is 2. The third kappa shape index (κ3) is 4.50. The SMILES string of the molecule is Cc1cc(C)cc(N2C(=O)NC(=O)/C(=C\c3cn(Cc4ccc([N+](=O)[O-])cc4)c4ccccc34)C2=O)c1. The summed E-state index contributed by atoms with van der Waals surface area (Å²) in [4.78, 5) is 50.3. The number of amides is 4. The molecule has 3 aromatic carbocycles. The number of anilines is 1. The Balaban J connectivity index is 1.54. The topological polar surface area (TPSA) is 115 Å². The highest BCUT2D eigenvalue weighted by molar-refractivity contribution is 6.39. The van der Waals surface area contributed by atoms with Crippen LogP contribution in [0.25, 0.3) is 17.0 Å². The Labute approximate surface area is 211 Å². The number of nitro benzene ring substituents is 1. The number of aromatic nitrogens is 1. The highest BCUT2D eigenvalue weighted by atomic mass is 16.6. The van der Waals surface area contributed by atoms with Crippen LogP contribution in [0.2, 0.25) is 0 Å². The molecule has 1 N–H and O–H groups in total. The van der Waals surface area contributed by atoms with E-state index >= 15 is 0 Å². The number of para-hydroxylation sites is 1. The molecule has 0 radical (unpaired) electrons. The second kappa shape index (κ2) is 9.19. The number of non-ortho nitro benzene ring substituents is 1. The number of nitro groups is 1. The van der Waals surface area contributed by atoms with Gasteiger partial charge in [-0.05, 0) is 54.8 Å². The summed E-state index contributed by atoms with van der Waals surface area (Å²) in [5, 5.41) is 14.1. The van der Waals surface area contributed by atoms with E-state index in [9.17, 15) is 24.5 Å². The smallest absolute Gasteiger partial charge is 0.335 e. The van der Waals surface area contributed by atoms with Crippen molar-refractivity contribution in [2.24, 2.45) is 0 Å². The van der Waals surface area contributed by atoms with E-state index in [1.54, 1.807) is 24.3 Å². The van der Waals surface area contributed by atoms with Crippen LogP contribution >= 0.6 is 0 Å². The number of urea groups is 1. The molecule has 0 atom stereocenters. The molecule has 1 aliphatic heterocycles. The van der Waals surface area contributed by atoms with Gasteiger partial charge in [0.25, 0.3) is 17.5 Å². The van der Waals surface area contributed by atoms with E-state index in [-0.39, 0.29) is 11.3 Å². The number of nitrogens with one attached hydrogen (secondary N) is 1. The van der Waals surface area contributed by atoms with Gasteiger partial charge >= 0.3 is 6.03 Å². The van der Waals surface area contributed by atoms with Gasteiger partial charge in [0.2, 0.25) is 0 Å². The average Bonchev–Trinajstić information content (AvgIpc) is 3.18. The second-order valence-electron chi connectivity index (χ2n) is 8.96. The summed E-state index contributed by atoms with van der Waals surface area (Å²) in [6.07, 6.45) is 3.31. The van der Waals surface area contributed by atoms with Gasteiger partial charge in [0.1, 0.15) is 5.57 Å². The van der Waals surface area contributed by atoms with Crippen LogP contribution in [-0.2, 0) is 16.1 Å². The number of nitrogens with zero attached hydrogens (tertiary/aromatic N) is 3. The van der Waals surface area contributed by atoms with E-state index in [0.29, 0.717) is 17.8 Å². The maximum absolute atomic E-state index is 13.4. The maximum Gasteiger partial charge on any atom is 0.335 e. The molecule has 9 nitrogen and oxygen atoms in total. The zero-order valence-electron chi connectivity index (χ0n) is 20.1. The standard InChI is InChI=1S/C28H22N4O5/c1-17-11-18(2)13-22(12-17)31-27(34)24(26(33)29-28(31)35)14-20-16-30(25-6-4-3-5-23(20)25)15-19-7-9-21(10-8-19)32(36)37/h3-14,16H,15H2,1-2H3,(H,29,33,35)/b24-14+. The van der Waals surface area contributed by atoms with Crippen LogP contribution in [0.15, 0.2) is 78.5 Å². The fourth-order valence-corrected chi connectivity index (χ4v) is 4.57. The van der Waals surface area contributed by atoms with Crippen LogP contribution in [0.3, 0.4) is 0 Å². The van der Waals surface area contributed by atoms with Gasteiger partial charge in [-0.2, -0.15) is 0 Å². The number of hydrogen-bond acceptors (Lipinski definition) is 5. The molecule has 0 bridgehead atoms. The van der Waals surface area contributed by atoms with Gasteiger partial charge < -0.3 is 4.57 Å². The number of benzene rings is 3. The number of carbonyl (C=O) groups excluding carboxylic acids is 3. The van der Waals surface area contributed by atoms with E-state index in [1.807, 2.05) is 54.9 Å². The molecule has 4 amide bonds. The molecule has 0 aliphatic carbocycles. The molecule has 1 saturated heterocycles. The largest absolute Gasteiger partial charge is 0.342 e. The second-order valence-corrected chi connectivity index (χ2v) is 8.96. The lowest BCUT2D eigenvalue weighted by Crippen LogP contribution is -2.54. The minimum Gasteiger partial charge on any atom is -0.342 e. The molecule has 9 heteroatoms. The van der Waals surface area contributed by atoms with Crippen LogP contribution in [0.5, 0.6) is 0 Å². The molecule has 4 aromatic rings. The van der Waals surface area contributed by atoms with Gasteiger partial charge in [-0.25, -0.2) is 9.69 Å². The minimum absolute atomic E-state index is 0.0104. The summed E-state index contributed by atoms with van der Waals surface area (Å²) >= 11 is 0. The fraction of sp³-hybridized carbons (Fsp3) is 0.107. The monoisotopic (exact) mass is 494 g/mol. The van der Waals surface area contributed by atoms with Crippen molar-refractivity contribution in [2.45, 2.75) is 20.4 Å². The van der Waals surface area contributed by atoms with Gasteiger partial charge in [-0.3, -0.25) is 25.0 Å². The van der Waals surface area contributed by atoms with Crippen LogP contribution < -0.4 is 10.2 Å². The third-order valence-electron chi connectivity index (χ3n) is 6.19. The lowest BCUT2D eigenvalue weighted by molar-refractivity contribution is -0.384. The summed E-state index contributed by atoms with van der Waals surface area (Å²) < 4.78 is 1.95. The molecule has 0 spiro atoms. The van der Waals surface area contributed by atoms with E-state index < -0.39 is 22.8 Å². The molecule has 1 aromatic heterocycles. The van der Waals surface area contributed by atoms with E-state index in [1.165, 1.54) is 18.2 Å². The van der Waals surface area contributed by atoms with E-state index in [2.05, 4.69) is 5.32 Å². The lowest BCUT2D eigenvalue weighted by Gasteiger charge is -2.26. The summed E-state index contributed by atoms with van der Waals surface area (Å²) in [6, 6.07) is 18.4. The predicted octanol–water partition coefficient (Wildman–Crippen LogP) is 4.88. The molecule has 37 heavy (non-hydrogen) atoms. The first-order valence-corrected chi connectivity index (χ1v) is 11.5. The van der Waals surface area contributed by atoms with Gasteiger partial charge in [0, 0.05) is 41.3 Å². The minimum atomic E-state index is -0.794. The van der Waals surface area contributed by atoms with Crippen molar-refractivity contribution in [3.63, 3.8) is 0 Å². The fourth-order valence-electron chi connectivity index (χ4n) is 4.57. The highest BCUT2D eigenvalue weighted by Gasteiger charge is 2.37. The highest BCUT2D eigenvalue weighted by Crippen LogP contribution is 2.28. The number of barbiturate groups is 1. The van der Waals surface area contributed by atoms with Gasteiger partial charge in [0.15, 0.2) is 0 Å². The maximum atomic E-state index is 13.4. The van der Waals surface area contributed by atoms with Crippen LogP contribution in [-0.4, -0.2) is 27.3 Å². The van der Waals surface area contributed by atoms with Crippen molar-refractivity contribution >= 4 is 46.2 Å². The molecule has 0 unspecified atom stereocenters. The van der Waals surface area contributed by atoms with E-state index in [0.717, 1.165) is 32.5 Å². The summed E-state index contributed by atoms with van der Waals surface area (Å²) in [5.41, 5.74) is 4.35. The van der Waals surface area contributed by atoms with Crippen molar-refractivity contribution in [1.29, 1.82) is 0 Å². The zero-order chi connectivity index (χ0) is 26.3. The summed E-state index contributed by atoms with van der Waals surface area (Å²) in [5.74, 6) is -1.46. The molecule has 184 valence electrons. The first-order valence-electron chi connectivity index (χ1n) is 11.5. The number of imide groups is 2. The Morgan fingerprint density at radius 3 is 2.30 bits per heavy atom. The molecule has 1 fully saturated rings. The summed E-state index contributed by atoms with van der Waals surface area (Å²) in [6.45, 7) is 4.16. The molecular formula is C28H22N4O5. The van der Waals surface area contributed by atoms with Crippen molar-refractivity contribution in [2.75, 3.05) is 4.90 Å². The molecule has 2 heterocycles. The van der Waals surface area contributed by atoms with Crippen molar-refractivity contribution in [3.8, 4) is 0 Å². The Hall–Kier alpha value is -5.05. The van der Waals surface area contributed by atoms with Crippen LogP contribution in [0.1, 0.15) is 22.3 Å². The van der Waals surface area contributed by atoms with Crippen LogP contribution in [0.4, 0.5) is 16.2 Å². The molecule has 0 saturated carbocycles. The Kier molecular flexibility index (Phi) is 5.88. The first kappa shape index (κ1) is 23.7. The quantitative estimate of drug-likeness (QED) is 0.184. The van der Waals surface area contributed by atoms with Gasteiger partial charge in [-0.1, -0.05) is 36.4 Å². The average molecular weight is 495 g/mol. The summed E-state index contributed by atoms with van der Waals surface area (Å²) in [7, 11) is 0. The zero-order valence-corrected chi connectivity index (χ0v) is 20.1. The number of rotatable bonds is 5. The lowest BCUT2D eigenvalue weighted by atomic mass is 10.0. The normalized spacial score (nSPS) is 14.9. The van der Waals surface area contributed by atoms with Crippen molar-refractivity contribution < 1.29 is 19.3 Å². The van der Waals surface area contributed by atoms with E-state index in [4.69, 9.17) is 0 Å². The van der Waals surface area contributed by atoms with Gasteiger partial charge in [-0.15, -0.1) is 0 Å². The van der Waals surface area contributed by atoms with Crippen molar-refractivity contribution in [1.82, 2.24) is 9.88 Å². The Morgan fingerprint density at radius 1 is 0.946 bits per heavy atom.